The van der Waals surface area contributed by atoms with E-state index in [0.29, 0.717) is 5.92 Å². The minimum Gasteiger partial charge on any atom is -0.396 e. The number of imidazole rings is 1. The molecule has 1 aromatic carbocycles. The van der Waals surface area contributed by atoms with Gasteiger partial charge in [-0.2, -0.15) is 11.8 Å². The molecule has 0 aliphatic carbocycles. The maximum atomic E-state index is 8.91. The Bertz CT molecular complexity index is 422. The molecule has 4 heteroatoms. The number of aliphatic hydroxyl groups excluding tert-OH is 1. The highest BCUT2D eigenvalue weighted by molar-refractivity contribution is 7.98. The van der Waals surface area contributed by atoms with Crippen molar-refractivity contribution in [3.05, 3.63) is 30.1 Å². The third kappa shape index (κ3) is 2.77. The zero-order valence-electron chi connectivity index (χ0n) is 9.31. The predicted octanol–water partition coefficient (Wildman–Crippen LogP) is 2.42. The molecule has 2 N–H and O–H groups in total. The molecule has 2 aromatic rings. The maximum absolute atomic E-state index is 8.91. The molecule has 1 atom stereocenters. The van der Waals surface area contributed by atoms with Gasteiger partial charge in [-0.1, -0.05) is 19.1 Å². The molecule has 0 saturated heterocycles. The Balaban J connectivity index is 1.94. The number of thioether (sulfide) groups is 1. The SMILES string of the molecule is CC(CO)CSCc1nc2ccccc2[nH]1. The molecule has 0 amide bonds. The Kier molecular flexibility index (Phi) is 3.85. The first-order valence-electron chi connectivity index (χ1n) is 5.42. The zero-order valence-corrected chi connectivity index (χ0v) is 10.1. The average Bonchev–Trinajstić information content (AvgIpc) is 2.71. The van der Waals surface area contributed by atoms with Gasteiger partial charge in [-0.3, -0.25) is 0 Å². The molecule has 1 heterocycles. The number of H-pyrrole nitrogens is 1. The largest absolute Gasteiger partial charge is 0.396 e. The maximum Gasteiger partial charge on any atom is 0.117 e. The van der Waals surface area contributed by atoms with Crippen LogP contribution >= 0.6 is 11.8 Å². The summed E-state index contributed by atoms with van der Waals surface area (Å²) in [4.78, 5) is 7.79. The third-order valence-electron chi connectivity index (χ3n) is 2.39. The molecule has 0 fully saturated rings. The molecule has 2 rings (SSSR count). The van der Waals surface area contributed by atoms with Crippen LogP contribution in [0.15, 0.2) is 24.3 Å². The summed E-state index contributed by atoms with van der Waals surface area (Å²) in [5, 5.41) is 8.91. The first-order valence-corrected chi connectivity index (χ1v) is 6.57. The van der Waals surface area contributed by atoms with Gasteiger partial charge in [0.2, 0.25) is 0 Å². The van der Waals surface area contributed by atoms with Gasteiger partial charge in [0.25, 0.3) is 0 Å². The molecular formula is C12H16N2OS. The Morgan fingerprint density at radius 3 is 3.00 bits per heavy atom. The van der Waals surface area contributed by atoms with Gasteiger partial charge >= 0.3 is 0 Å². The number of fused-ring (bicyclic) bond motifs is 1. The number of hydrogen-bond donors (Lipinski definition) is 2. The van der Waals surface area contributed by atoms with Crippen molar-refractivity contribution in [2.45, 2.75) is 12.7 Å². The summed E-state index contributed by atoms with van der Waals surface area (Å²) in [6, 6.07) is 8.04. The quantitative estimate of drug-likeness (QED) is 0.838. The molecular weight excluding hydrogens is 220 g/mol. The summed E-state index contributed by atoms with van der Waals surface area (Å²) in [7, 11) is 0. The second-order valence-corrected chi connectivity index (χ2v) is 5.03. The van der Waals surface area contributed by atoms with Crippen molar-refractivity contribution in [2.75, 3.05) is 12.4 Å². The Morgan fingerprint density at radius 2 is 2.25 bits per heavy atom. The number of aromatic amines is 1. The molecule has 0 radical (unpaired) electrons. The minimum absolute atomic E-state index is 0.257. The Hall–Kier alpha value is -1.00. The van der Waals surface area contributed by atoms with Crippen molar-refractivity contribution in [3.63, 3.8) is 0 Å². The van der Waals surface area contributed by atoms with Crippen LogP contribution < -0.4 is 0 Å². The van der Waals surface area contributed by atoms with Gasteiger partial charge in [0.1, 0.15) is 5.82 Å². The molecule has 0 bridgehead atoms. The van der Waals surface area contributed by atoms with Crippen LogP contribution in [-0.4, -0.2) is 27.4 Å². The molecule has 86 valence electrons. The second kappa shape index (κ2) is 5.37. The van der Waals surface area contributed by atoms with Crippen LogP contribution in [-0.2, 0) is 5.75 Å². The lowest BCUT2D eigenvalue weighted by Gasteiger charge is -2.05. The van der Waals surface area contributed by atoms with Crippen LogP contribution in [0, 0.1) is 5.92 Å². The van der Waals surface area contributed by atoms with Gasteiger partial charge < -0.3 is 10.1 Å². The highest BCUT2D eigenvalue weighted by atomic mass is 32.2. The number of aromatic nitrogens is 2. The summed E-state index contributed by atoms with van der Waals surface area (Å²) in [5.74, 6) is 3.21. The fourth-order valence-electron chi connectivity index (χ4n) is 1.48. The van der Waals surface area contributed by atoms with Crippen LogP contribution in [0.1, 0.15) is 12.7 Å². The van der Waals surface area contributed by atoms with Crippen LogP contribution in [0.25, 0.3) is 11.0 Å². The molecule has 1 unspecified atom stereocenters. The summed E-state index contributed by atoms with van der Waals surface area (Å²) in [5.41, 5.74) is 2.11. The number of nitrogens with one attached hydrogen (secondary N) is 1. The van der Waals surface area contributed by atoms with Gasteiger partial charge in [0, 0.05) is 6.61 Å². The second-order valence-electron chi connectivity index (χ2n) is 4.00. The lowest BCUT2D eigenvalue weighted by Crippen LogP contribution is -2.03. The van der Waals surface area contributed by atoms with E-state index in [0.717, 1.165) is 28.4 Å². The summed E-state index contributed by atoms with van der Waals surface area (Å²) in [6.45, 7) is 2.30. The third-order valence-corrected chi connectivity index (χ3v) is 3.67. The lowest BCUT2D eigenvalue weighted by molar-refractivity contribution is 0.250. The molecule has 1 aromatic heterocycles. The minimum atomic E-state index is 0.257. The van der Waals surface area contributed by atoms with Gasteiger partial charge in [-0.15, -0.1) is 0 Å². The van der Waals surface area contributed by atoms with E-state index in [2.05, 4.69) is 9.97 Å². The first kappa shape index (κ1) is 11.5. The van der Waals surface area contributed by atoms with Gasteiger partial charge in [0.05, 0.1) is 16.8 Å². The molecule has 0 saturated carbocycles. The van der Waals surface area contributed by atoms with Gasteiger partial charge in [0.15, 0.2) is 0 Å². The molecule has 16 heavy (non-hydrogen) atoms. The molecule has 0 aliphatic heterocycles. The van der Waals surface area contributed by atoms with Crippen LogP contribution in [0.5, 0.6) is 0 Å². The molecule has 0 aliphatic rings. The monoisotopic (exact) mass is 236 g/mol. The number of nitrogens with zero attached hydrogens (tertiary/aromatic N) is 1. The lowest BCUT2D eigenvalue weighted by atomic mass is 10.2. The van der Waals surface area contributed by atoms with Crippen LogP contribution in [0.2, 0.25) is 0 Å². The fraction of sp³-hybridized carbons (Fsp3) is 0.417. The van der Waals surface area contributed by atoms with E-state index in [4.69, 9.17) is 5.11 Å². The number of rotatable bonds is 5. The number of hydrogen-bond acceptors (Lipinski definition) is 3. The van der Waals surface area contributed by atoms with E-state index in [9.17, 15) is 0 Å². The highest BCUT2D eigenvalue weighted by Gasteiger charge is 2.04. The van der Waals surface area contributed by atoms with E-state index < -0.39 is 0 Å². The van der Waals surface area contributed by atoms with Crippen molar-refractivity contribution in [1.29, 1.82) is 0 Å². The van der Waals surface area contributed by atoms with Gasteiger partial charge in [-0.05, 0) is 23.8 Å². The van der Waals surface area contributed by atoms with Crippen molar-refractivity contribution < 1.29 is 5.11 Å². The van der Waals surface area contributed by atoms with E-state index in [1.165, 1.54) is 0 Å². The molecule has 0 spiro atoms. The van der Waals surface area contributed by atoms with E-state index in [1.807, 2.05) is 31.2 Å². The number of benzene rings is 1. The van der Waals surface area contributed by atoms with E-state index in [1.54, 1.807) is 11.8 Å². The Labute approximate surface area is 99.3 Å². The topological polar surface area (TPSA) is 48.9 Å². The fourth-order valence-corrected chi connectivity index (χ4v) is 2.44. The summed E-state index contributed by atoms with van der Waals surface area (Å²) < 4.78 is 0. The zero-order chi connectivity index (χ0) is 11.4. The van der Waals surface area contributed by atoms with E-state index in [-0.39, 0.29) is 6.61 Å². The van der Waals surface area contributed by atoms with Crippen LogP contribution in [0.3, 0.4) is 0 Å². The smallest absolute Gasteiger partial charge is 0.117 e. The van der Waals surface area contributed by atoms with E-state index >= 15 is 0 Å². The molecule has 3 nitrogen and oxygen atoms in total. The van der Waals surface area contributed by atoms with Crippen molar-refractivity contribution in [1.82, 2.24) is 9.97 Å². The highest BCUT2D eigenvalue weighted by Crippen LogP contribution is 2.16. The standard InChI is InChI=1S/C12H16N2OS/c1-9(6-15)7-16-8-12-13-10-4-2-3-5-11(10)14-12/h2-5,9,15H,6-8H2,1H3,(H,13,14). The number of para-hydroxylation sites is 2. The normalized spacial score (nSPS) is 13.1. The van der Waals surface area contributed by atoms with Crippen LogP contribution in [0.4, 0.5) is 0 Å². The predicted molar refractivity (Wildman–Crippen MR) is 68.5 cm³/mol. The van der Waals surface area contributed by atoms with Gasteiger partial charge in [-0.25, -0.2) is 4.98 Å². The van der Waals surface area contributed by atoms with Crippen molar-refractivity contribution >= 4 is 22.8 Å². The summed E-state index contributed by atoms with van der Waals surface area (Å²) in [6.07, 6.45) is 0. The van der Waals surface area contributed by atoms with Crippen molar-refractivity contribution in [3.8, 4) is 0 Å². The van der Waals surface area contributed by atoms with Crippen molar-refractivity contribution in [2.24, 2.45) is 5.92 Å². The average molecular weight is 236 g/mol. The summed E-state index contributed by atoms with van der Waals surface area (Å²) >= 11 is 1.80. The Morgan fingerprint density at radius 1 is 1.44 bits per heavy atom. The number of aliphatic hydroxyl groups is 1. The first-order chi connectivity index (χ1) is 7.79.